The molecule has 2 aromatic carbocycles. The fourth-order valence-electron chi connectivity index (χ4n) is 2.76. The van der Waals surface area contributed by atoms with Crippen LogP contribution in [0.3, 0.4) is 0 Å². The maximum absolute atomic E-state index is 12.6. The summed E-state index contributed by atoms with van der Waals surface area (Å²) in [6, 6.07) is 14.8. The van der Waals surface area contributed by atoms with E-state index in [1.807, 2.05) is 50.2 Å². The SMILES string of the molecule is Cc1ccc2c(=O)cc(C(=O)Nc3nc(SCc4ccccc4)ns3)oc2c1C. The number of nitrogens with zero attached hydrogens (tertiary/aromatic N) is 2. The maximum Gasteiger partial charge on any atom is 0.293 e. The highest BCUT2D eigenvalue weighted by molar-refractivity contribution is 7.98. The molecule has 29 heavy (non-hydrogen) atoms. The zero-order valence-electron chi connectivity index (χ0n) is 15.8. The summed E-state index contributed by atoms with van der Waals surface area (Å²) < 4.78 is 10.00. The summed E-state index contributed by atoms with van der Waals surface area (Å²) >= 11 is 2.58. The normalized spacial score (nSPS) is 11.0. The number of rotatable bonds is 5. The van der Waals surface area contributed by atoms with Gasteiger partial charge in [0.05, 0.1) is 5.39 Å². The second-order valence-corrected chi connectivity index (χ2v) is 8.16. The van der Waals surface area contributed by atoms with Gasteiger partial charge in [-0.25, -0.2) is 0 Å². The number of aryl methyl sites for hydroxylation is 2. The average molecular weight is 424 g/mol. The lowest BCUT2D eigenvalue weighted by Gasteiger charge is -2.06. The van der Waals surface area contributed by atoms with E-state index in [1.165, 1.54) is 23.4 Å². The van der Waals surface area contributed by atoms with Crippen LogP contribution in [0.5, 0.6) is 0 Å². The van der Waals surface area contributed by atoms with Gasteiger partial charge in [-0.05, 0) is 36.6 Å². The van der Waals surface area contributed by atoms with E-state index in [0.29, 0.717) is 21.3 Å². The Morgan fingerprint density at radius 3 is 2.76 bits per heavy atom. The van der Waals surface area contributed by atoms with Crippen LogP contribution in [-0.2, 0) is 5.75 Å². The lowest BCUT2D eigenvalue weighted by molar-refractivity contribution is 0.0997. The molecule has 146 valence electrons. The van der Waals surface area contributed by atoms with E-state index in [1.54, 1.807) is 6.07 Å². The van der Waals surface area contributed by atoms with Crippen molar-refractivity contribution in [1.82, 2.24) is 9.36 Å². The Bertz CT molecular complexity index is 1250. The molecule has 0 radical (unpaired) electrons. The molecule has 6 nitrogen and oxygen atoms in total. The minimum atomic E-state index is -0.527. The van der Waals surface area contributed by atoms with Crippen molar-refractivity contribution in [2.45, 2.75) is 24.8 Å². The van der Waals surface area contributed by atoms with Crippen LogP contribution in [0.4, 0.5) is 5.13 Å². The molecular weight excluding hydrogens is 406 g/mol. The number of amides is 1. The molecule has 0 saturated carbocycles. The van der Waals surface area contributed by atoms with Crippen molar-refractivity contribution in [2.24, 2.45) is 0 Å². The molecule has 0 unspecified atom stereocenters. The van der Waals surface area contributed by atoms with Gasteiger partial charge in [-0.3, -0.25) is 14.9 Å². The number of benzene rings is 2. The summed E-state index contributed by atoms with van der Waals surface area (Å²) in [4.78, 5) is 29.3. The molecule has 1 amide bonds. The minimum absolute atomic E-state index is 0.0510. The van der Waals surface area contributed by atoms with E-state index in [2.05, 4.69) is 14.7 Å². The Balaban J connectivity index is 1.50. The largest absolute Gasteiger partial charge is 0.450 e. The maximum atomic E-state index is 12.6. The summed E-state index contributed by atoms with van der Waals surface area (Å²) in [6.07, 6.45) is 0. The molecule has 1 N–H and O–H groups in total. The van der Waals surface area contributed by atoms with E-state index in [9.17, 15) is 9.59 Å². The molecule has 0 spiro atoms. The zero-order chi connectivity index (χ0) is 20.4. The van der Waals surface area contributed by atoms with Gasteiger partial charge < -0.3 is 4.42 Å². The lowest BCUT2D eigenvalue weighted by atomic mass is 10.1. The second-order valence-electron chi connectivity index (χ2n) is 6.47. The number of hydrogen-bond acceptors (Lipinski definition) is 7. The Hall–Kier alpha value is -2.97. The monoisotopic (exact) mass is 423 g/mol. The van der Waals surface area contributed by atoms with Gasteiger partial charge in [0.25, 0.3) is 5.91 Å². The van der Waals surface area contributed by atoms with Crippen LogP contribution in [0.25, 0.3) is 11.0 Å². The molecule has 0 fully saturated rings. The number of thioether (sulfide) groups is 1. The lowest BCUT2D eigenvalue weighted by Crippen LogP contribution is -2.15. The Kier molecular flexibility index (Phi) is 5.46. The number of nitrogens with one attached hydrogen (secondary N) is 1. The third-order valence-electron chi connectivity index (χ3n) is 4.48. The number of carbonyl (C=O) groups excluding carboxylic acids is 1. The quantitative estimate of drug-likeness (QED) is 0.464. The molecule has 4 aromatic rings. The van der Waals surface area contributed by atoms with Crippen molar-refractivity contribution >= 4 is 45.3 Å². The van der Waals surface area contributed by atoms with Crippen molar-refractivity contribution in [3.8, 4) is 0 Å². The molecule has 0 aliphatic carbocycles. The van der Waals surface area contributed by atoms with E-state index < -0.39 is 5.91 Å². The summed E-state index contributed by atoms with van der Waals surface area (Å²) in [5.74, 6) is 0.161. The highest BCUT2D eigenvalue weighted by Gasteiger charge is 2.16. The molecule has 8 heteroatoms. The van der Waals surface area contributed by atoms with E-state index in [-0.39, 0.29) is 11.2 Å². The first-order chi connectivity index (χ1) is 14.0. The fourth-order valence-corrected chi connectivity index (χ4v) is 4.26. The van der Waals surface area contributed by atoms with Crippen molar-refractivity contribution in [3.63, 3.8) is 0 Å². The Labute approximate surface area is 175 Å². The van der Waals surface area contributed by atoms with Gasteiger partial charge in [-0.2, -0.15) is 9.36 Å². The fraction of sp³-hybridized carbons (Fsp3) is 0.143. The molecule has 0 aliphatic rings. The average Bonchev–Trinajstić information content (AvgIpc) is 3.17. The molecule has 0 aliphatic heterocycles. The van der Waals surface area contributed by atoms with Gasteiger partial charge in [0.15, 0.2) is 11.2 Å². The highest BCUT2D eigenvalue weighted by Crippen LogP contribution is 2.24. The van der Waals surface area contributed by atoms with E-state index >= 15 is 0 Å². The number of fused-ring (bicyclic) bond motifs is 1. The second kappa shape index (κ2) is 8.18. The smallest absolute Gasteiger partial charge is 0.293 e. The third-order valence-corrected chi connectivity index (χ3v) is 6.14. The van der Waals surface area contributed by atoms with Crippen LogP contribution in [0.1, 0.15) is 27.2 Å². The highest BCUT2D eigenvalue weighted by atomic mass is 32.2. The van der Waals surface area contributed by atoms with Gasteiger partial charge >= 0.3 is 0 Å². The molecule has 2 aromatic heterocycles. The predicted octanol–water partition coefficient (Wildman–Crippen LogP) is 4.81. The number of anilines is 1. The van der Waals surface area contributed by atoms with Gasteiger partial charge in [-0.15, -0.1) is 0 Å². The van der Waals surface area contributed by atoms with E-state index in [4.69, 9.17) is 4.42 Å². The van der Waals surface area contributed by atoms with Crippen LogP contribution in [0.2, 0.25) is 0 Å². The Morgan fingerprint density at radius 2 is 1.97 bits per heavy atom. The summed E-state index contributed by atoms with van der Waals surface area (Å²) in [5.41, 5.74) is 3.17. The zero-order valence-corrected chi connectivity index (χ0v) is 17.4. The van der Waals surface area contributed by atoms with Gasteiger partial charge in [0.2, 0.25) is 10.3 Å². The minimum Gasteiger partial charge on any atom is -0.450 e. The van der Waals surface area contributed by atoms with Crippen LogP contribution in [0, 0.1) is 13.8 Å². The van der Waals surface area contributed by atoms with Crippen molar-refractivity contribution in [2.75, 3.05) is 5.32 Å². The van der Waals surface area contributed by atoms with Crippen molar-refractivity contribution in [1.29, 1.82) is 0 Å². The van der Waals surface area contributed by atoms with Gasteiger partial charge in [-0.1, -0.05) is 48.2 Å². The summed E-state index contributed by atoms with van der Waals surface area (Å²) in [5, 5.41) is 4.06. The molecule has 4 rings (SSSR count). The predicted molar refractivity (Wildman–Crippen MR) is 116 cm³/mol. The topological polar surface area (TPSA) is 85.1 Å². The number of aromatic nitrogens is 2. The summed E-state index contributed by atoms with van der Waals surface area (Å²) in [6.45, 7) is 3.79. The molecular formula is C21H17N3O3S2. The molecule has 0 bridgehead atoms. The van der Waals surface area contributed by atoms with Crippen LogP contribution >= 0.6 is 23.3 Å². The van der Waals surface area contributed by atoms with Crippen molar-refractivity contribution in [3.05, 3.63) is 81.2 Å². The summed E-state index contributed by atoms with van der Waals surface area (Å²) in [7, 11) is 0. The van der Waals surface area contributed by atoms with Gasteiger partial charge in [0.1, 0.15) is 5.58 Å². The first kappa shape index (κ1) is 19.4. The standard InChI is InChI=1S/C21H17N3O3S2/c1-12-8-9-15-16(25)10-17(27-18(15)13(12)2)19(26)22-20-23-21(24-29-20)28-11-14-6-4-3-5-7-14/h3-10H,11H2,1-2H3,(H,22,23,24,26). The number of carbonyl (C=O) groups is 1. The Morgan fingerprint density at radius 1 is 1.17 bits per heavy atom. The first-order valence-electron chi connectivity index (χ1n) is 8.87. The first-order valence-corrected chi connectivity index (χ1v) is 10.6. The van der Waals surface area contributed by atoms with Crippen molar-refractivity contribution < 1.29 is 9.21 Å². The van der Waals surface area contributed by atoms with Crippen LogP contribution < -0.4 is 10.7 Å². The van der Waals surface area contributed by atoms with E-state index in [0.717, 1.165) is 28.4 Å². The van der Waals surface area contributed by atoms with Crippen LogP contribution in [0.15, 0.2) is 62.9 Å². The van der Waals surface area contributed by atoms with Crippen LogP contribution in [-0.4, -0.2) is 15.3 Å². The molecule has 2 heterocycles. The molecule has 0 saturated heterocycles. The van der Waals surface area contributed by atoms with Gasteiger partial charge in [0, 0.05) is 23.4 Å². The molecule has 0 atom stereocenters. The number of hydrogen-bond donors (Lipinski definition) is 1. The third kappa shape index (κ3) is 4.23.